The molecule has 0 N–H and O–H groups in total. The normalized spacial score (nSPS) is 11.1. The number of ether oxygens (including phenoxy) is 1. The molecule has 0 unspecified atom stereocenters. The van der Waals surface area contributed by atoms with Crippen molar-refractivity contribution in [2.45, 2.75) is 31.5 Å². The number of aromatic nitrogens is 3. The van der Waals surface area contributed by atoms with Crippen LogP contribution in [0.1, 0.15) is 25.3 Å². The van der Waals surface area contributed by atoms with Crippen molar-refractivity contribution in [2.75, 3.05) is 12.4 Å². The minimum Gasteiger partial charge on any atom is -0.466 e. The number of halogens is 3. The molecule has 0 fully saturated rings. The largest absolute Gasteiger partial charge is 0.466 e. The molecule has 148 valence electrons. The number of carbonyl (C=O) groups excluding carboxylic acids is 1. The molecule has 0 spiro atoms. The van der Waals surface area contributed by atoms with Crippen molar-refractivity contribution in [2.24, 2.45) is 0 Å². The summed E-state index contributed by atoms with van der Waals surface area (Å²) in [4.78, 5) is 20.3. The molecule has 5 nitrogen and oxygen atoms in total. The van der Waals surface area contributed by atoms with Crippen LogP contribution in [-0.4, -0.2) is 32.9 Å². The minimum absolute atomic E-state index is 0.206. The van der Waals surface area contributed by atoms with E-state index in [-0.39, 0.29) is 11.8 Å². The number of fused-ring (bicyclic) bond motifs is 1. The number of pyridine rings is 1. The Bertz CT molecular complexity index is 999. The smallest absolute Gasteiger partial charge is 0.305 e. The van der Waals surface area contributed by atoms with E-state index in [1.165, 1.54) is 17.8 Å². The molecule has 0 atom stereocenters. The number of hydrogen-bond donors (Lipinski definition) is 0. The summed E-state index contributed by atoms with van der Waals surface area (Å²) >= 11 is 10.8. The summed E-state index contributed by atoms with van der Waals surface area (Å²) in [7, 11) is 0. The highest BCUT2D eigenvalue weighted by atomic mass is 79.9. The van der Waals surface area contributed by atoms with E-state index in [2.05, 4.69) is 25.9 Å². The molecule has 1 aromatic carbocycles. The maximum absolute atomic E-state index is 14.3. The third-order valence-electron chi connectivity index (χ3n) is 3.95. The van der Waals surface area contributed by atoms with Crippen LogP contribution < -0.4 is 0 Å². The van der Waals surface area contributed by atoms with Gasteiger partial charge in [-0.15, -0.1) is 0 Å². The molecule has 0 bridgehead atoms. The van der Waals surface area contributed by atoms with Crippen molar-refractivity contribution < 1.29 is 13.9 Å². The highest BCUT2D eigenvalue weighted by Crippen LogP contribution is 2.27. The third kappa shape index (κ3) is 5.24. The Morgan fingerprint density at radius 2 is 2.14 bits per heavy atom. The predicted octanol–water partition coefficient (Wildman–Crippen LogP) is 5.47. The molecule has 2 heterocycles. The lowest BCUT2D eigenvalue weighted by molar-refractivity contribution is -0.143. The number of imidazole rings is 1. The lowest BCUT2D eigenvalue weighted by atomic mass is 10.2. The SMILES string of the molecule is CCOC(=O)CCCSc1nc2nc(Cl)ccc2n1Cc1ccc(Br)cc1F. The quantitative estimate of drug-likeness (QED) is 0.183. The van der Waals surface area contributed by atoms with Crippen LogP contribution in [0.25, 0.3) is 11.2 Å². The highest BCUT2D eigenvalue weighted by Gasteiger charge is 2.15. The molecule has 9 heteroatoms. The molecule has 0 aliphatic carbocycles. The minimum atomic E-state index is -0.295. The van der Waals surface area contributed by atoms with Crippen LogP contribution in [0.5, 0.6) is 0 Å². The molecule has 2 aromatic heterocycles. The average molecular weight is 487 g/mol. The zero-order valence-electron chi connectivity index (χ0n) is 15.1. The third-order valence-corrected chi connectivity index (χ3v) is 5.72. The van der Waals surface area contributed by atoms with Crippen molar-refractivity contribution in [3.63, 3.8) is 0 Å². The van der Waals surface area contributed by atoms with Crippen LogP contribution in [0.2, 0.25) is 5.15 Å². The first kappa shape index (κ1) is 21.1. The molecule has 0 saturated heterocycles. The number of hydrogen-bond acceptors (Lipinski definition) is 5. The summed E-state index contributed by atoms with van der Waals surface area (Å²) in [5, 5.41) is 1.06. The van der Waals surface area contributed by atoms with Gasteiger partial charge in [-0.2, -0.15) is 0 Å². The number of thioether (sulfide) groups is 1. The van der Waals surface area contributed by atoms with E-state index in [1.807, 2.05) is 10.6 Å². The molecular formula is C19H18BrClFN3O2S. The van der Waals surface area contributed by atoms with Gasteiger partial charge in [0, 0.05) is 22.2 Å². The molecule has 3 aromatic rings. The summed E-state index contributed by atoms with van der Waals surface area (Å²) in [6.07, 6.45) is 1.01. The zero-order chi connectivity index (χ0) is 20.1. The first-order valence-electron chi connectivity index (χ1n) is 8.73. The Morgan fingerprint density at radius 1 is 1.32 bits per heavy atom. The molecule has 0 saturated carbocycles. The van der Waals surface area contributed by atoms with Gasteiger partial charge in [0.2, 0.25) is 0 Å². The molecule has 0 aliphatic rings. The monoisotopic (exact) mass is 485 g/mol. The lowest BCUT2D eigenvalue weighted by Crippen LogP contribution is -2.05. The molecule has 28 heavy (non-hydrogen) atoms. The topological polar surface area (TPSA) is 57.0 Å². The van der Waals surface area contributed by atoms with Gasteiger partial charge in [0.1, 0.15) is 11.0 Å². The number of esters is 1. The average Bonchev–Trinajstić information content (AvgIpc) is 2.97. The fraction of sp³-hybridized carbons (Fsp3) is 0.316. The second-order valence-corrected chi connectivity index (χ2v) is 8.31. The summed E-state index contributed by atoms with van der Waals surface area (Å²) in [6.45, 7) is 2.49. The Morgan fingerprint density at radius 3 is 2.89 bits per heavy atom. The number of nitrogens with zero attached hydrogens (tertiary/aromatic N) is 3. The van der Waals surface area contributed by atoms with Crippen LogP contribution in [0, 0.1) is 5.82 Å². The Balaban J connectivity index is 1.82. The van der Waals surface area contributed by atoms with Gasteiger partial charge in [-0.05, 0) is 37.6 Å². The van der Waals surface area contributed by atoms with E-state index in [1.54, 1.807) is 25.1 Å². The van der Waals surface area contributed by atoms with E-state index in [0.29, 0.717) is 57.7 Å². The molecule has 3 rings (SSSR count). The Labute approximate surface area is 179 Å². The Kier molecular flexibility index (Phi) is 7.31. The first-order valence-corrected chi connectivity index (χ1v) is 10.9. The number of carbonyl (C=O) groups is 1. The van der Waals surface area contributed by atoms with Gasteiger partial charge < -0.3 is 9.30 Å². The lowest BCUT2D eigenvalue weighted by Gasteiger charge is -2.10. The van der Waals surface area contributed by atoms with E-state index in [4.69, 9.17) is 16.3 Å². The standard InChI is InChI=1S/C19H18BrClFN3O2S/c1-2-27-17(26)4-3-9-28-19-24-18-15(7-8-16(21)23-18)25(19)11-12-5-6-13(20)10-14(12)22/h5-8,10H,2-4,9,11H2,1H3. The van der Waals surface area contributed by atoms with Gasteiger partial charge in [0.25, 0.3) is 0 Å². The second kappa shape index (κ2) is 9.71. The van der Waals surface area contributed by atoms with Crippen molar-refractivity contribution in [1.29, 1.82) is 0 Å². The van der Waals surface area contributed by atoms with Gasteiger partial charge in [-0.1, -0.05) is 45.4 Å². The predicted molar refractivity (Wildman–Crippen MR) is 112 cm³/mol. The van der Waals surface area contributed by atoms with E-state index in [0.717, 1.165) is 5.52 Å². The summed E-state index contributed by atoms with van der Waals surface area (Å²) < 4.78 is 21.9. The van der Waals surface area contributed by atoms with Crippen molar-refractivity contribution in [3.8, 4) is 0 Å². The van der Waals surface area contributed by atoms with Crippen molar-refractivity contribution in [3.05, 3.63) is 51.3 Å². The molecule has 0 amide bonds. The van der Waals surface area contributed by atoms with Gasteiger partial charge in [0.05, 0.1) is 18.7 Å². The van der Waals surface area contributed by atoms with Crippen LogP contribution in [0.15, 0.2) is 40.0 Å². The van der Waals surface area contributed by atoms with Gasteiger partial charge in [-0.25, -0.2) is 14.4 Å². The second-order valence-electron chi connectivity index (χ2n) is 5.95. The van der Waals surface area contributed by atoms with Crippen molar-refractivity contribution in [1.82, 2.24) is 14.5 Å². The van der Waals surface area contributed by atoms with Crippen LogP contribution in [0.4, 0.5) is 4.39 Å². The summed E-state index contributed by atoms with van der Waals surface area (Å²) in [6, 6.07) is 8.50. The Hall–Kier alpha value is -1.64. The maximum Gasteiger partial charge on any atom is 0.305 e. The number of benzene rings is 1. The first-order chi connectivity index (χ1) is 13.5. The molecule has 0 radical (unpaired) electrons. The van der Waals surface area contributed by atoms with E-state index >= 15 is 0 Å². The van der Waals surface area contributed by atoms with E-state index < -0.39 is 0 Å². The maximum atomic E-state index is 14.3. The molecule has 0 aliphatic heterocycles. The van der Waals surface area contributed by atoms with Gasteiger partial charge in [-0.3, -0.25) is 4.79 Å². The van der Waals surface area contributed by atoms with Gasteiger partial charge >= 0.3 is 5.97 Å². The molecular weight excluding hydrogens is 469 g/mol. The summed E-state index contributed by atoms with van der Waals surface area (Å²) in [5.74, 6) is 0.178. The van der Waals surface area contributed by atoms with Crippen LogP contribution in [0.3, 0.4) is 0 Å². The zero-order valence-corrected chi connectivity index (χ0v) is 18.3. The number of rotatable bonds is 8. The highest BCUT2D eigenvalue weighted by molar-refractivity contribution is 9.10. The van der Waals surface area contributed by atoms with Crippen molar-refractivity contribution >= 4 is 56.4 Å². The fourth-order valence-corrected chi connectivity index (χ4v) is 4.08. The fourth-order valence-electron chi connectivity index (χ4n) is 2.66. The summed E-state index contributed by atoms with van der Waals surface area (Å²) in [5.41, 5.74) is 1.84. The van der Waals surface area contributed by atoms with Gasteiger partial charge in [0.15, 0.2) is 10.8 Å². The van der Waals surface area contributed by atoms with Crippen LogP contribution >= 0.6 is 39.3 Å². The van der Waals surface area contributed by atoms with Crippen LogP contribution in [-0.2, 0) is 16.1 Å². The van der Waals surface area contributed by atoms with E-state index in [9.17, 15) is 9.18 Å².